The van der Waals surface area contributed by atoms with Crippen LogP contribution in [0.4, 0.5) is 0 Å². The second-order valence-electron chi connectivity index (χ2n) is 3.85. The first kappa shape index (κ1) is 16.3. The Balaban J connectivity index is 3.02. The summed E-state index contributed by atoms with van der Waals surface area (Å²) in [6.45, 7) is 2.16. The Kier molecular flexibility index (Phi) is 5.66. The molecule has 2 N–H and O–H groups in total. The molecule has 106 valence electrons. The second kappa shape index (κ2) is 6.60. The number of sulfonamides is 1. The fraction of sp³-hybridized carbons (Fsp3) is 0.364. The molecule has 0 aliphatic rings. The number of hydrogen-bond donors (Lipinski definition) is 2. The van der Waals surface area contributed by atoms with Gasteiger partial charge in [0.05, 0.1) is 15.5 Å². The quantitative estimate of drug-likeness (QED) is 0.837. The standard InChI is InChI=1S/C11H14ClNO4S2/c1-7(18-2)6-13-19(16,17)8-3-4-10(12)9(5-8)11(14)15/h3-5,7,13H,6H2,1-2H3,(H,14,15). The molecule has 0 heterocycles. The van der Waals surface area contributed by atoms with Crippen LogP contribution in [-0.4, -0.2) is 37.5 Å². The highest BCUT2D eigenvalue weighted by molar-refractivity contribution is 7.99. The molecule has 0 amide bonds. The van der Waals surface area contributed by atoms with E-state index in [1.54, 1.807) is 0 Å². The highest BCUT2D eigenvalue weighted by Crippen LogP contribution is 2.20. The zero-order chi connectivity index (χ0) is 14.6. The van der Waals surface area contributed by atoms with Crippen molar-refractivity contribution in [3.8, 4) is 0 Å². The molecule has 1 atom stereocenters. The van der Waals surface area contributed by atoms with Crippen molar-refractivity contribution < 1.29 is 18.3 Å². The van der Waals surface area contributed by atoms with Crippen LogP contribution >= 0.6 is 23.4 Å². The molecule has 1 aromatic rings. The normalized spacial score (nSPS) is 13.2. The smallest absolute Gasteiger partial charge is 0.337 e. The van der Waals surface area contributed by atoms with E-state index in [1.165, 1.54) is 23.9 Å². The highest BCUT2D eigenvalue weighted by Gasteiger charge is 2.18. The number of halogens is 1. The van der Waals surface area contributed by atoms with Gasteiger partial charge in [-0.1, -0.05) is 18.5 Å². The van der Waals surface area contributed by atoms with Crippen LogP contribution in [-0.2, 0) is 10.0 Å². The van der Waals surface area contributed by atoms with E-state index in [4.69, 9.17) is 16.7 Å². The van der Waals surface area contributed by atoms with Crippen molar-refractivity contribution in [2.24, 2.45) is 0 Å². The molecule has 0 saturated carbocycles. The Morgan fingerprint density at radius 3 is 2.68 bits per heavy atom. The van der Waals surface area contributed by atoms with Gasteiger partial charge in [-0.3, -0.25) is 0 Å². The Morgan fingerprint density at radius 2 is 2.16 bits per heavy atom. The molecule has 1 unspecified atom stereocenters. The van der Waals surface area contributed by atoms with E-state index in [9.17, 15) is 13.2 Å². The Morgan fingerprint density at radius 1 is 1.53 bits per heavy atom. The maximum atomic E-state index is 12.0. The molecule has 19 heavy (non-hydrogen) atoms. The minimum atomic E-state index is -3.72. The molecule has 1 aromatic carbocycles. The van der Waals surface area contributed by atoms with E-state index in [0.29, 0.717) is 0 Å². The summed E-state index contributed by atoms with van der Waals surface area (Å²) >= 11 is 7.22. The predicted octanol–water partition coefficient (Wildman–Crippen LogP) is 2.07. The maximum absolute atomic E-state index is 12.0. The molecule has 1 rings (SSSR count). The highest BCUT2D eigenvalue weighted by atomic mass is 35.5. The van der Waals surface area contributed by atoms with Crippen molar-refractivity contribution in [2.75, 3.05) is 12.8 Å². The molecule has 0 spiro atoms. The molecule has 0 saturated heterocycles. The zero-order valence-corrected chi connectivity index (χ0v) is 12.8. The van der Waals surface area contributed by atoms with Crippen LogP contribution in [0.3, 0.4) is 0 Å². The van der Waals surface area contributed by atoms with E-state index in [1.807, 2.05) is 13.2 Å². The summed E-state index contributed by atoms with van der Waals surface area (Å²) in [7, 11) is -3.72. The number of benzene rings is 1. The van der Waals surface area contributed by atoms with E-state index in [0.717, 1.165) is 6.07 Å². The van der Waals surface area contributed by atoms with Gasteiger partial charge < -0.3 is 5.11 Å². The Labute approximate surface area is 121 Å². The summed E-state index contributed by atoms with van der Waals surface area (Å²) in [5.74, 6) is -1.26. The molecular weight excluding hydrogens is 310 g/mol. The molecule has 0 aliphatic heterocycles. The number of carboxylic acid groups (broad SMARTS) is 1. The molecule has 5 nitrogen and oxygen atoms in total. The molecule has 0 aromatic heterocycles. The summed E-state index contributed by atoms with van der Waals surface area (Å²) < 4.78 is 26.4. The lowest BCUT2D eigenvalue weighted by atomic mass is 10.2. The largest absolute Gasteiger partial charge is 0.478 e. The minimum Gasteiger partial charge on any atom is -0.478 e. The van der Waals surface area contributed by atoms with E-state index >= 15 is 0 Å². The zero-order valence-electron chi connectivity index (χ0n) is 10.4. The topological polar surface area (TPSA) is 83.5 Å². The average molecular weight is 324 g/mol. The summed E-state index contributed by atoms with van der Waals surface area (Å²) in [5, 5.41) is 9.04. The van der Waals surface area contributed by atoms with Crippen LogP contribution in [0.5, 0.6) is 0 Å². The monoisotopic (exact) mass is 323 g/mol. The Bertz CT molecular complexity index is 574. The fourth-order valence-electron chi connectivity index (χ4n) is 1.23. The molecule has 8 heteroatoms. The van der Waals surface area contributed by atoms with Gasteiger partial charge in [0.15, 0.2) is 0 Å². The summed E-state index contributed by atoms with van der Waals surface area (Å²) in [6.07, 6.45) is 1.88. The summed E-state index contributed by atoms with van der Waals surface area (Å²) in [4.78, 5) is 10.8. The third kappa shape index (κ3) is 4.38. The average Bonchev–Trinajstić information content (AvgIpc) is 2.35. The van der Waals surface area contributed by atoms with Gasteiger partial charge in [-0.05, 0) is 24.5 Å². The maximum Gasteiger partial charge on any atom is 0.337 e. The molecular formula is C11H14ClNO4S2. The lowest BCUT2D eigenvalue weighted by Gasteiger charge is -2.11. The number of carbonyl (C=O) groups is 1. The number of nitrogens with one attached hydrogen (secondary N) is 1. The number of rotatable bonds is 6. The third-order valence-corrected chi connectivity index (χ3v) is 5.16. The van der Waals surface area contributed by atoms with Crippen LogP contribution in [0.1, 0.15) is 17.3 Å². The second-order valence-corrected chi connectivity index (χ2v) is 7.30. The lowest BCUT2D eigenvalue weighted by Crippen LogP contribution is -2.29. The minimum absolute atomic E-state index is 0.00364. The predicted molar refractivity (Wildman–Crippen MR) is 76.6 cm³/mol. The van der Waals surface area contributed by atoms with Gasteiger partial charge in [0, 0.05) is 11.8 Å². The van der Waals surface area contributed by atoms with Crippen molar-refractivity contribution in [3.63, 3.8) is 0 Å². The molecule has 0 aliphatic carbocycles. The SMILES string of the molecule is CSC(C)CNS(=O)(=O)c1ccc(Cl)c(C(=O)O)c1. The third-order valence-electron chi connectivity index (χ3n) is 2.44. The van der Waals surface area contributed by atoms with Crippen molar-refractivity contribution >= 4 is 39.4 Å². The molecule has 0 bridgehead atoms. The van der Waals surface area contributed by atoms with Crippen molar-refractivity contribution in [1.82, 2.24) is 4.72 Å². The van der Waals surface area contributed by atoms with Gasteiger partial charge in [-0.2, -0.15) is 11.8 Å². The first-order valence-corrected chi connectivity index (χ1v) is 8.48. The van der Waals surface area contributed by atoms with Crippen LogP contribution in [0.15, 0.2) is 23.1 Å². The first-order chi connectivity index (χ1) is 8.77. The summed E-state index contributed by atoms with van der Waals surface area (Å²) in [6, 6.07) is 3.59. The van der Waals surface area contributed by atoms with Gasteiger partial charge in [-0.25, -0.2) is 17.9 Å². The number of carboxylic acids is 1. The number of thioether (sulfide) groups is 1. The lowest BCUT2D eigenvalue weighted by molar-refractivity contribution is 0.0697. The molecule has 0 fully saturated rings. The fourth-order valence-corrected chi connectivity index (χ4v) is 2.94. The number of hydrogen-bond acceptors (Lipinski definition) is 4. The van der Waals surface area contributed by atoms with Crippen LogP contribution in [0, 0.1) is 0 Å². The van der Waals surface area contributed by atoms with Gasteiger partial charge in [0.25, 0.3) is 0 Å². The van der Waals surface area contributed by atoms with E-state index < -0.39 is 16.0 Å². The van der Waals surface area contributed by atoms with Crippen LogP contribution in [0.2, 0.25) is 5.02 Å². The van der Waals surface area contributed by atoms with Gasteiger partial charge >= 0.3 is 5.97 Å². The van der Waals surface area contributed by atoms with Crippen LogP contribution in [0.25, 0.3) is 0 Å². The molecule has 0 radical (unpaired) electrons. The Hall–Kier alpha value is -0.760. The first-order valence-electron chi connectivity index (χ1n) is 5.33. The number of aromatic carboxylic acids is 1. The van der Waals surface area contributed by atoms with E-state index in [2.05, 4.69) is 4.72 Å². The van der Waals surface area contributed by atoms with Crippen LogP contribution < -0.4 is 4.72 Å². The van der Waals surface area contributed by atoms with Gasteiger partial charge in [-0.15, -0.1) is 0 Å². The van der Waals surface area contributed by atoms with Crippen molar-refractivity contribution in [1.29, 1.82) is 0 Å². The van der Waals surface area contributed by atoms with Crippen molar-refractivity contribution in [3.05, 3.63) is 28.8 Å². The van der Waals surface area contributed by atoms with Crippen molar-refractivity contribution in [2.45, 2.75) is 17.1 Å². The van der Waals surface area contributed by atoms with Gasteiger partial charge in [0.1, 0.15) is 0 Å². The summed E-state index contributed by atoms with van der Waals surface area (Å²) in [5.41, 5.74) is -0.234. The van der Waals surface area contributed by atoms with E-state index in [-0.39, 0.29) is 27.3 Å². The van der Waals surface area contributed by atoms with Gasteiger partial charge in [0.2, 0.25) is 10.0 Å².